The van der Waals surface area contributed by atoms with Crippen LogP contribution in [0.2, 0.25) is 0 Å². The third kappa shape index (κ3) is 3.68. The standard InChI is InChI=1S/C13H17FN2O.ClH/c1-15-6-7-16-13(17)12-8-11(12)9-2-4-10(14)5-3-9;/h2-5,11-12,15H,6-8H2,1H3,(H,16,17);1H. The van der Waals surface area contributed by atoms with E-state index in [0.717, 1.165) is 18.5 Å². The van der Waals surface area contributed by atoms with Crippen LogP contribution in [0.3, 0.4) is 0 Å². The first kappa shape index (κ1) is 14.9. The van der Waals surface area contributed by atoms with Crippen LogP contribution in [0.5, 0.6) is 0 Å². The maximum atomic E-state index is 12.7. The summed E-state index contributed by atoms with van der Waals surface area (Å²) in [7, 11) is 1.85. The SMILES string of the molecule is CNCCNC(=O)C1CC1c1ccc(F)cc1.Cl. The second kappa shape index (κ2) is 6.71. The van der Waals surface area contributed by atoms with E-state index < -0.39 is 0 Å². The molecule has 2 atom stereocenters. The largest absolute Gasteiger partial charge is 0.355 e. The highest BCUT2D eigenvalue weighted by Gasteiger charge is 2.43. The Hall–Kier alpha value is -1.13. The number of benzene rings is 1. The molecule has 0 heterocycles. The molecule has 3 nitrogen and oxygen atoms in total. The molecule has 1 fully saturated rings. The summed E-state index contributed by atoms with van der Waals surface area (Å²) in [6.45, 7) is 1.43. The molecule has 2 N–H and O–H groups in total. The minimum absolute atomic E-state index is 0. The van der Waals surface area contributed by atoms with Crippen molar-refractivity contribution < 1.29 is 9.18 Å². The van der Waals surface area contributed by atoms with Gasteiger partial charge in [0.15, 0.2) is 0 Å². The van der Waals surface area contributed by atoms with Gasteiger partial charge in [0.05, 0.1) is 0 Å². The van der Waals surface area contributed by atoms with Crippen LogP contribution in [0.15, 0.2) is 24.3 Å². The quantitative estimate of drug-likeness (QED) is 0.801. The van der Waals surface area contributed by atoms with Gasteiger partial charge in [0.25, 0.3) is 0 Å². The Kier molecular flexibility index (Phi) is 5.56. The molecule has 0 saturated heterocycles. The fraction of sp³-hybridized carbons (Fsp3) is 0.462. The maximum Gasteiger partial charge on any atom is 0.223 e. The topological polar surface area (TPSA) is 41.1 Å². The highest BCUT2D eigenvalue weighted by atomic mass is 35.5. The van der Waals surface area contributed by atoms with Crippen LogP contribution in [0.4, 0.5) is 4.39 Å². The number of nitrogens with one attached hydrogen (secondary N) is 2. The van der Waals surface area contributed by atoms with E-state index in [-0.39, 0.29) is 36.0 Å². The number of rotatable bonds is 5. The number of carbonyl (C=O) groups excluding carboxylic acids is 1. The molecule has 100 valence electrons. The summed E-state index contributed by atoms with van der Waals surface area (Å²) in [4.78, 5) is 11.7. The Morgan fingerprint density at radius 2 is 2.00 bits per heavy atom. The molecular formula is C13H18ClFN2O. The predicted molar refractivity (Wildman–Crippen MR) is 71.4 cm³/mol. The first-order valence-corrected chi connectivity index (χ1v) is 5.90. The van der Waals surface area contributed by atoms with Crippen LogP contribution in [0.25, 0.3) is 0 Å². The fourth-order valence-corrected chi connectivity index (χ4v) is 2.00. The number of hydrogen-bond donors (Lipinski definition) is 2. The van der Waals surface area contributed by atoms with Crippen molar-refractivity contribution in [3.05, 3.63) is 35.6 Å². The maximum absolute atomic E-state index is 12.7. The zero-order chi connectivity index (χ0) is 12.3. The molecule has 0 aliphatic heterocycles. The predicted octanol–water partition coefficient (Wildman–Crippen LogP) is 1.69. The Morgan fingerprint density at radius 1 is 1.33 bits per heavy atom. The molecule has 1 aliphatic carbocycles. The molecule has 18 heavy (non-hydrogen) atoms. The summed E-state index contributed by atoms with van der Waals surface area (Å²) in [6, 6.07) is 6.43. The van der Waals surface area contributed by atoms with E-state index in [9.17, 15) is 9.18 Å². The summed E-state index contributed by atoms with van der Waals surface area (Å²) < 4.78 is 12.7. The van der Waals surface area contributed by atoms with Gasteiger partial charge in [-0.15, -0.1) is 12.4 Å². The van der Waals surface area contributed by atoms with Gasteiger partial charge in [-0.25, -0.2) is 4.39 Å². The zero-order valence-corrected chi connectivity index (χ0v) is 11.1. The van der Waals surface area contributed by atoms with Crippen molar-refractivity contribution in [1.82, 2.24) is 10.6 Å². The lowest BCUT2D eigenvalue weighted by Crippen LogP contribution is -2.31. The second-order valence-electron chi connectivity index (χ2n) is 4.39. The fourth-order valence-electron chi connectivity index (χ4n) is 2.00. The van der Waals surface area contributed by atoms with Crippen molar-refractivity contribution in [3.63, 3.8) is 0 Å². The molecule has 2 unspecified atom stereocenters. The minimum Gasteiger partial charge on any atom is -0.355 e. The number of hydrogen-bond acceptors (Lipinski definition) is 2. The number of carbonyl (C=O) groups is 1. The summed E-state index contributed by atoms with van der Waals surface area (Å²) >= 11 is 0. The van der Waals surface area contributed by atoms with Crippen molar-refractivity contribution in [3.8, 4) is 0 Å². The number of amides is 1. The van der Waals surface area contributed by atoms with E-state index in [1.54, 1.807) is 12.1 Å². The van der Waals surface area contributed by atoms with Crippen molar-refractivity contribution in [2.75, 3.05) is 20.1 Å². The van der Waals surface area contributed by atoms with Gasteiger partial charge >= 0.3 is 0 Å². The molecule has 0 bridgehead atoms. The third-order valence-corrected chi connectivity index (χ3v) is 3.10. The summed E-state index contributed by atoms with van der Waals surface area (Å²) in [5.74, 6) is 0.210. The molecule has 1 saturated carbocycles. The summed E-state index contributed by atoms with van der Waals surface area (Å²) in [6.07, 6.45) is 0.872. The molecule has 1 aromatic carbocycles. The van der Waals surface area contributed by atoms with E-state index in [2.05, 4.69) is 10.6 Å². The molecule has 1 amide bonds. The molecule has 2 rings (SSSR count). The number of likely N-dealkylation sites (N-methyl/N-ethyl adjacent to an activating group) is 1. The molecule has 1 aromatic rings. The third-order valence-electron chi connectivity index (χ3n) is 3.10. The van der Waals surface area contributed by atoms with Crippen molar-refractivity contribution in [1.29, 1.82) is 0 Å². The zero-order valence-electron chi connectivity index (χ0n) is 10.3. The molecule has 0 spiro atoms. The Morgan fingerprint density at radius 3 is 2.61 bits per heavy atom. The monoisotopic (exact) mass is 272 g/mol. The van der Waals surface area contributed by atoms with E-state index in [1.807, 2.05) is 7.05 Å². The first-order valence-electron chi connectivity index (χ1n) is 5.90. The van der Waals surface area contributed by atoms with Crippen LogP contribution in [-0.2, 0) is 4.79 Å². The van der Waals surface area contributed by atoms with Gasteiger partial charge in [-0.1, -0.05) is 12.1 Å². The molecule has 5 heteroatoms. The van der Waals surface area contributed by atoms with Gasteiger partial charge in [0, 0.05) is 19.0 Å². The Labute approximate surface area is 113 Å². The normalized spacial score (nSPS) is 21.0. The van der Waals surface area contributed by atoms with Gasteiger partial charge in [-0.05, 0) is 37.1 Å². The average Bonchev–Trinajstić information content (AvgIpc) is 3.10. The summed E-state index contributed by atoms with van der Waals surface area (Å²) in [5, 5.41) is 5.86. The van der Waals surface area contributed by atoms with E-state index in [1.165, 1.54) is 12.1 Å². The summed E-state index contributed by atoms with van der Waals surface area (Å²) in [5.41, 5.74) is 1.06. The highest BCUT2D eigenvalue weighted by molar-refractivity contribution is 5.85. The van der Waals surface area contributed by atoms with Crippen molar-refractivity contribution in [2.45, 2.75) is 12.3 Å². The van der Waals surface area contributed by atoms with E-state index in [0.29, 0.717) is 6.54 Å². The van der Waals surface area contributed by atoms with Crippen LogP contribution >= 0.6 is 12.4 Å². The minimum atomic E-state index is -0.232. The van der Waals surface area contributed by atoms with Crippen LogP contribution in [-0.4, -0.2) is 26.0 Å². The van der Waals surface area contributed by atoms with Crippen molar-refractivity contribution in [2.24, 2.45) is 5.92 Å². The van der Waals surface area contributed by atoms with Gasteiger partial charge in [-0.3, -0.25) is 4.79 Å². The molecule has 1 aliphatic rings. The molecule has 0 radical (unpaired) electrons. The lowest BCUT2D eigenvalue weighted by atomic mass is 10.1. The van der Waals surface area contributed by atoms with Gasteiger partial charge < -0.3 is 10.6 Å². The van der Waals surface area contributed by atoms with Gasteiger partial charge in [-0.2, -0.15) is 0 Å². The lowest BCUT2D eigenvalue weighted by Gasteiger charge is -2.04. The first-order chi connectivity index (χ1) is 8.22. The molecular weight excluding hydrogens is 255 g/mol. The van der Waals surface area contributed by atoms with Gasteiger partial charge in [0.1, 0.15) is 5.82 Å². The van der Waals surface area contributed by atoms with Crippen LogP contribution in [0, 0.1) is 11.7 Å². The Bertz CT molecular complexity index is 396. The second-order valence-corrected chi connectivity index (χ2v) is 4.39. The number of halogens is 2. The smallest absolute Gasteiger partial charge is 0.223 e. The van der Waals surface area contributed by atoms with Crippen molar-refractivity contribution >= 4 is 18.3 Å². The lowest BCUT2D eigenvalue weighted by molar-refractivity contribution is -0.122. The van der Waals surface area contributed by atoms with E-state index >= 15 is 0 Å². The molecule has 0 aromatic heterocycles. The Balaban J connectivity index is 0.00000162. The highest BCUT2D eigenvalue weighted by Crippen LogP contribution is 2.47. The van der Waals surface area contributed by atoms with Crippen LogP contribution < -0.4 is 10.6 Å². The average molecular weight is 273 g/mol. The van der Waals surface area contributed by atoms with Crippen LogP contribution in [0.1, 0.15) is 17.9 Å². The van der Waals surface area contributed by atoms with E-state index in [4.69, 9.17) is 0 Å². The van der Waals surface area contributed by atoms with Gasteiger partial charge in [0.2, 0.25) is 5.91 Å².